The van der Waals surface area contributed by atoms with E-state index in [4.69, 9.17) is 16.6 Å². The molecular weight excluding hydrogens is 404 g/mol. The van der Waals surface area contributed by atoms with E-state index in [0.29, 0.717) is 16.6 Å². The van der Waals surface area contributed by atoms with Crippen molar-refractivity contribution >= 4 is 45.9 Å². The van der Waals surface area contributed by atoms with Gasteiger partial charge in [0.2, 0.25) is 0 Å². The Balaban J connectivity index is 1.69. The molecule has 5 rings (SSSR count). The van der Waals surface area contributed by atoms with Crippen molar-refractivity contribution in [2.75, 3.05) is 4.90 Å². The molecule has 0 unspecified atom stereocenters. The maximum absolute atomic E-state index is 13.6. The molecule has 1 heterocycles. The zero-order chi connectivity index (χ0) is 21.4. The molecule has 0 atom stereocenters. The van der Waals surface area contributed by atoms with Crippen LogP contribution in [0.3, 0.4) is 0 Å². The number of hydrogen-bond acceptors (Lipinski definition) is 2. The van der Waals surface area contributed by atoms with E-state index in [1.54, 1.807) is 4.90 Å². The fourth-order valence-corrected chi connectivity index (χ4v) is 4.09. The largest absolute Gasteiger partial charge is 0.282 e. The Kier molecular flexibility index (Phi) is 4.89. The van der Waals surface area contributed by atoms with Crippen LogP contribution in [0.1, 0.15) is 16.7 Å². The number of nitrogens with zero attached hydrogens (tertiary/aromatic N) is 2. The molecule has 0 saturated carbocycles. The molecule has 4 aromatic carbocycles. The lowest BCUT2D eigenvalue weighted by molar-refractivity contribution is -0.113. The van der Waals surface area contributed by atoms with Crippen molar-refractivity contribution < 1.29 is 4.79 Å². The lowest BCUT2D eigenvalue weighted by Gasteiger charge is -2.19. The molecule has 0 bridgehead atoms. The molecule has 1 aliphatic rings. The molecule has 4 aromatic rings. The lowest BCUT2D eigenvalue weighted by atomic mass is 10.0. The van der Waals surface area contributed by atoms with E-state index >= 15 is 0 Å². The van der Waals surface area contributed by atoms with Crippen molar-refractivity contribution in [2.24, 2.45) is 4.99 Å². The number of aliphatic imine (C=N–C) groups is 1. The zero-order valence-corrected chi connectivity index (χ0v) is 17.7. The molecule has 0 saturated heterocycles. The molecule has 0 aromatic heterocycles. The predicted molar refractivity (Wildman–Crippen MR) is 129 cm³/mol. The van der Waals surface area contributed by atoms with Crippen LogP contribution in [0.5, 0.6) is 0 Å². The van der Waals surface area contributed by atoms with Crippen molar-refractivity contribution in [3.8, 4) is 0 Å². The van der Waals surface area contributed by atoms with Gasteiger partial charge in [-0.25, -0.2) is 4.99 Å². The van der Waals surface area contributed by atoms with Gasteiger partial charge in [0.05, 0.1) is 10.7 Å². The number of aryl methyl sites for hydroxylation is 1. The summed E-state index contributed by atoms with van der Waals surface area (Å²) in [5, 5.41) is 2.75. The van der Waals surface area contributed by atoms with Gasteiger partial charge >= 0.3 is 0 Å². The van der Waals surface area contributed by atoms with Gasteiger partial charge in [-0.1, -0.05) is 78.3 Å². The third-order valence-corrected chi connectivity index (χ3v) is 5.68. The van der Waals surface area contributed by atoms with Crippen LogP contribution in [0, 0.1) is 6.92 Å². The monoisotopic (exact) mass is 422 g/mol. The maximum atomic E-state index is 13.6. The first kappa shape index (κ1) is 19.3. The summed E-state index contributed by atoms with van der Waals surface area (Å²) < 4.78 is 0. The van der Waals surface area contributed by atoms with E-state index in [2.05, 4.69) is 18.2 Å². The lowest BCUT2D eigenvalue weighted by Crippen LogP contribution is -2.32. The first-order chi connectivity index (χ1) is 15.1. The molecule has 0 aliphatic carbocycles. The number of benzene rings is 4. The summed E-state index contributed by atoms with van der Waals surface area (Å²) in [7, 11) is 0. The predicted octanol–water partition coefficient (Wildman–Crippen LogP) is 6.64. The van der Waals surface area contributed by atoms with Gasteiger partial charge in [-0.05, 0) is 59.2 Å². The van der Waals surface area contributed by atoms with E-state index in [1.165, 1.54) is 0 Å². The maximum Gasteiger partial charge on any atom is 0.282 e. The average molecular weight is 423 g/mol. The Morgan fingerprint density at radius 2 is 1.61 bits per heavy atom. The summed E-state index contributed by atoms with van der Waals surface area (Å²) in [6.45, 7) is 2.00. The van der Waals surface area contributed by atoms with Crippen LogP contribution >= 0.6 is 11.6 Å². The Labute approximate surface area is 185 Å². The summed E-state index contributed by atoms with van der Waals surface area (Å²) in [6, 6.07) is 29.5. The van der Waals surface area contributed by atoms with Crippen LogP contribution in [0.2, 0.25) is 5.02 Å². The van der Waals surface area contributed by atoms with Gasteiger partial charge in [0.15, 0.2) is 0 Å². The van der Waals surface area contributed by atoms with Crippen molar-refractivity contribution in [3.63, 3.8) is 0 Å². The third-order valence-electron chi connectivity index (χ3n) is 5.35. The summed E-state index contributed by atoms with van der Waals surface area (Å²) in [4.78, 5) is 20.0. The van der Waals surface area contributed by atoms with Crippen LogP contribution in [0.4, 0.5) is 5.69 Å². The molecule has 1 aliphatic heterocycles. The van der Waals surface area contributed by atoms with Gasteiger partial charge < -0.3 is 0 Å². The van der Waals surface area contributed by atoms with Gasteiger partial charge in [-0.15, -0.1) is 0 Å². The van der Waals surface area contributed by atoms with Crippen molar-refractivity contribution in [1.29, 1.82) is 0 Å². The van der Waals surface area contributed by atoms with Crippen LogP contribution in [-0.2, 0) is 4.79 Å². The van der Waals surface area contributed by atoms with Gasteiger partial charge in [0.1, 0.15) is 11.5 Å². The second kappa shape index (κ2) is 7.86. The van der Waals surface area contributed by atoms with Gasteiger partial charge in [0.25, 0.3) is 5.91 Å². The molecular formula is C27H19ClN2O. The number of hydrogen-bond donors (Lipinski definition) is 0. The summed E-state index contributed by atoms with van der Waals surface area (Å²) >= 11 is 6.48. The van der Waals surface area contributed by atoms with E-state index in [1.807, 2.05) is 85.8 Å². The normalized spacial score (nSPS) is 15.0. The zero-order valence-electron chi connectivity index (χ0n) is 16.9. The number of halogens is 1. The number of anilines is 1. The quantitative estimate of drug-likeness (QED) is 0.341. The van der Waals surface area contributed by atoms with E-state index < -0.39 is 0 Å². The summed E-state index contributed by atoms with van der Waals surface area (Å²) in [5.74, 6) is 0.362. The second-order valence-electron chi connectivity index (χ2n) is 7.49. The Morgan fingerprint density at radius 3 is 2.45 bits per heavy atom. The van der Waals surface area contributed by atoms with Gasteiger partial charge in [-0.2, -0.15) is 0 Å². The minimum Gasteiger partial charge on any atom is -0.266 e. The van der Waals surface area contributed by atoms with Crippen LogP contribution < -0.4 is 4.90 Å². The van der Waals surface area contributed by atoms with Gasteiger partial charge in [0, 0.05) is 5.56 Å². The number of amides is 1. The van der Waals surface area contributed by atoms with E-state index in [0.717, 1.165) is 33.2 Å². The average Bonchev–Trinajstić information content (AvgIpc) is 3.10. The first-order valence-corrected chi connectivity index (χ1v) is 10.4. The highest BCUT2D eigenvalue weighted by Crippen LogP contribution is 2.31. The molecule has 31 heavy (non-hydrogen) atoms. The number of fused-ring (bicyclic) bond motifs is 1. The third kappa shape index (κ3) is 3.54. The highest BCUT2D eigenvalue weighted by molar-refractivity contribution is 6.39. The molecule has 0 radical (unpaired) electrons. The smallest absolute Gasteiger partial charge is 0.266 e. The Hall–Kier alpha value is -3.69. The van der Waals surface area contributed by atoms with Crippen molar-refractivity contribution in [2.45, 2.75) is 6.92 Å². The fourth-order valence-electron chi connectivity index (χ4n) is 3.87. The summed E-state index contributed by atoms with van der Waals surface area (Å²) in [6.07, 6.45) is 1.86. The fraction of sp³-hybridized carbons (Fsp3) is 0.0370. The van der Waals surface area contributed by atoms with Crippen LogP contribution in [-0.4, -0.2) is 11.7 Å². The Morgan fingerprint density at radius 1 is 0.871 bits per heavy atom. The van der Waals surface area contributed by atoms with Gasteiger partial charge in [-0.3, -0.25) is 9.69 Å². The number of carbonyl (C=O) groups is 1. The summed E-state index contributed by atoms with van der Waals surface area (Å²) in [5.41, 5.74) is 3.89. The topological polar surface area (TPSA) is 32.7 Å². The highest BCUT2D eigenvalue weighted by atomic mass is 35.5. The van der Waals surface area contributed by atoms with Crippen molar-refractivity contribution in [1.82, 2.24) is 0 Å². The molecule has 0 spiro atoms. The minimum atomic E-state index is -0.173. The van der Waals surface area contributed by atoms with Crippen molar-refractivity contribution in [3.05, 3.63) is 118 Å². The highest BCUT2D eigenvalue weighted by Gasteiger charge is 2.33. The number of amidine groups is 1. The molecule has 4 heteroatoms. The Bertz CT molecular complexity index is 1380. The standard InChI is InChI=1S/C27H19ClN2O/c1-18-8-6-12-21(16-18)30-26(23-14-4-5-15-24(23)28)29-25(27(30)31)17-20-11-7-10-19-9-2-3-13-22(19)20/h2-17H,1H3/b25-17+. The molecule has 0 N–H and O–H groups in total. The molecule has 3 nitrogen and oxygen atoms in total. The van der Waals surface area contributed by atoms with E-state index in [9.17, 15) is 4.79 Å². The minimum absolute atomic E-state index is 0.173. The van der Waals surface area contributed by atoms with E-state index in [-0.39, 0.29) is 5.91 Å². The van der Waals surface area contributed by atoms with Crippen LogP contribution in [0.25, 0.3) is 16.8 Å². The van der Waals surface area contributed by atoms with Crippen LogP contribution in [0.15, 0.2) is 102 Å². The number of carbonyl (C=O) groups excluding carboxylic acids is 1. The number of rotatable bonds is 3. The molecule has 150 valence electrons. The molecule has 1 amide bonds. The SMILES string of the molecule is Cc1cccc(N2C(=O)/C(=C\c3cccc4ccccc34)N=C2c2ccccc2Cl)c1. The first-order valence-electron chi connectivity index (χ1n) is 10.1. The second-order valence-corrected chi connectivity index (χ2v) is 7.90. The molecule has 0 fully saturated rings.